The second kappa shape index (κ2) is 8.63. The van der Waals surface area contributed by atoms with E-state index in [-0.39, 0.29) is 46.3 Å². The van der Waals surface area contributed by atoms with Gasteiger partial charge in [0, 0.05) is 24.7 Å². The maximum absolute atomic E-state index is 15.4. The van der Waals surface area contributed by atoms with Crippen LogP contribution in [0.2, 0.25) is 0 Å². The number of hydrogen-bond acceptors (Lipinski definition) is 6. The standard InChI is InChI=1S/C27H33FN4O5/c1-13-12-37-24-21(19(28)20(29)18-22(24)32(13)11-17(23(18)33)25(34)35)30-3-2-4-31-26(36)27-8-14-5-15(9-27)7-16(6-14)10-27/h11,13-16,30H,2-10,12,29H2,1H3,(H,31,36)(H,34,35)/t13-,14?,15?,16?,27?/m0/s1. The molecule has 0 unspecified atom stereocenters. The molecule has 1 aliphatic heterocycles. The monoisotopic (exact) mass is 512 g/mol. The Morgan fingerprint density at radius 1 is 1.19 bits per heavy atom. The molecule has 1 aromatic heterocycles. The Balaban J connectivity index is 1.18. The molecule has 4 fully saturated rings. The lowest BCUT2D eigenvalue weighted by Gasteiger charge is -2.55. The number of carboxylic acid groups (broad SMARTS) is 1. The van der Waals surface area contributed by atoms with Crippen LogP contribution in [0.15, 0.2) is 11.0 Å². The van der Waals surface area contributed by atoms with E-state index in [0.29, 0.717) is 37.3 Å². The first-order valence-corrected chi connectivity index (χ1v) is 13.3. The Morgan fingerprint density at radius 2 is 1.84 bits per heavy atom. The summed E-state index contributed by atoms with van der Waals surface area (Å²) in [6.45, 7) is 2.82. The number of hydrogen-bond donors (Lipinski definition) is 4. The normalized spacial score (nSPS) is 29.2. The number of rotatable bonds is 7. The number of nitrogen functional groups attached to an aromatic ring is 1. The number of benzene rings is 1. The molecule has 2 heterocycles. The third kappa shape index (κ3) is 3.75. The highest BCUT2D eigenvalue weighted by Gasteiger charge is 2.54. The average Bonchev–Trinajstić information content (AvgIpc) is 2.84. The van der Waals surface area contributed by atoms with Crippen LogP contribution in [0.3, 0.4) is 0 Å². The second-order valence-electron chi connectivity index (χ2n) is 11.6. The molecule has 37 heavy (non-hydrogen) atoms. The number of nitrogens with one attached hydrogen (secondary N) is 2. The van der Waals surface area contributed by atoms with E-state index in [1.54, 1.807) is 4.57 Å². The van der Waals surface area contributed by atoms with Gasteiger partial charge in [0.05, 0.1) is 22.6 Å². The summed E-state index contributed by atoms with van der Waals surface area (Å²) in [5.74, 6) is 0.162. The van der Waals surface area contributed by atoms with Crippen molar-refractivity contribution in [2.45, 2.75) is 57.9 Å². The second-order valence-corrected chi connectivity index (χ2v) is 11.6. The molecule has 1 atom stereocenters. The molecule has 4 bridgehead atoms. The van der Waals surface area contributed by atoms with Crippen molar-refractivity contribution in [1.82, 2.24) is 9.88 Å². The van der Waals surface area contributed by atoms with Crippen molar-refractivity contribution in [3.63, 3.8) is 0 Å². The zero-order valence-electron chi connectivity index (χ0n) is 20.9. The zero-order chi connectivity index (χ0) is 26.1. The predicted octanol–water partition coefficient (Wildman–Crippen LogP) is 3.51. The Labute approximate surface area is 213 Å². The van der Waals surface area contributed by atoms with Gasteiger partial charge in [-0.1, -0.05) is 0 Å². The van der Waals surface area contributed by atoms with Crippen LogP contribution in [0, 0.1) is 29.0 Å². The van der Waals surface area contributed by atoms with Crippen molar-refractivity contribution in [2.75, 3.05) is 30.7 Å². The smallest absolute Gasteiger partial charge is 0.341 e. The molecular weight excluding hydrogens is 479 g/mol. The minimum atomic E-state index is -1.39. The molecule has 2 aromatic rings. The minimum Gasteiger partial charge on any atom is -0.487 e. The summed E-state index contributed by atoms with van der Waals surface area (Å²) in [6, 6.07) is -0.272. The summed E-state index contributed by atoms with van der Waals surface area (Å²) in [5.41, 5.74) is 4.45. The lowest BCUT2D eigenvalue weighted by atomic mass is 9.49. The lowest BCUT2D eigenvalue weighted by molar-refractivity contribution is -0.146. The molecular formula is C27H33FN4O5. The van der Waals surface area contributed by atoms with Gasteiger partial charge in [-0.3, -0.25) is 9.59 Å². The van der Waals surface area contributed by atoms with Gasteiger partial charge in [0.15, 0.2) is 11.6 Å². The molecule has 5 N–H and O–H groups in total. The lowest BCUT2D eigenvalue weighted by Crippen LogP contribution is -2.53. The van der Waals surface area contributed by atoms with Gasteiger partial charge in [0.1, 0.15) is 17.9 Å². The topological polar surface area (TPSA) is 136 Å². The van der Waals surface area contributed by atoms with E-state index < -0.39 is 28.5 Å². The highest BCUT2D eigenvalue weighted by molar-refractivity contribution is 6.03. The van der Waals surface area contributed by atoms with Gasteiger partial charge in [-0.05, 0) is 69.6 Å². The maximum atomic E-state index is 15.4. The minimum absolute atomic E-state index is 0.0422. The Kier molecular flexibility index (Phi) is 5.61. The molecule has 5 aliphatic rings. The first-order chi connectivity index (χ1) is 17.7. The Hall–Kier alpha value is -3.30. The van der Waals surface area contributed by atoms with Crippen LogP contribution in [0.4, 0.5) is 15.8 Å². The highest BCUT2D eigenvalue weighted by atomic mass is 19.1. The average molecular weight is 513 g/mol. The zero-order valence-corrected chi connectivity index (χ0v) is 20.9. The van der Waals surface area contributed by atoms with Gasteiger partial charge in [-0.25, -0.2) is 9.18 Å². The third-order valence-electron chi connectivity index (χ3n) is 9.04. The molecule has 0 saturated heterocycles. The molecule has 4 aliphatic carbocycles. The maximum Gasteiger partial charge on any atom is 0.341 e. The highest BCUT2D eigenvalue weighted by Crippen LogP contribution is 2.60. The first kappa shape index (κ1) is 24.1. The van der Waals surface area contributed by atoms with Crippen molar-refractivity contribution >= 4 is 34.2 Å². The predicted molar refractivity (Wildman–Crippen MR) is 136 cm³/mol. The summed E-state index contributed by atoms with van der Waals surface area (Å²) < 4.78 is 22.8. The van der Waals surface area contributed by atoms with Gasteiger partial charge in [0.2, 0.25) is 11.3 Å². The van der Waals surface area contributed by atoms with E-state index in [2.05, 4.69) is 10.6 Å². The van der Waals surface area contributed by atoms with Crippen LogP contribution in [0.25, 0.3) is 10.9 Å². The summed E-state index contributed by atoms with van der Waals surface area (Å²) in [4.78, 5) is 37.6. The molecule has 198 valence electrons. The van der Waals surface area contributed by atoms with E-state index >= 15 is 4.39 Å². The fraction of sp³-hybridized carbons (Fsp3) is 0.593. The number of ether oxygens (including phenoxy) is 1. The molecule has 4 saturated carbocycles. The quantitative estimate of drug-likeness (QED) is 0.329. The van der Waals surface area contributed by atoms with E-state index in [1.807, 2.05) is 6.92 Å². The van der Waals surface area contributed by atoms with Gasteiger partial charge in [0.25, 0.3) is 0 Å². The number of carboxylic acids is 1. The molecule has 10 heteroatoms. The number of nitrogens with zero attached hydrogens (tertiary/aromatic N) is 1. The third-order valence-corrected chi connectivity index (χ3v) is 9.04. The Bertz CT molecular complexity index is 1330. The molecule has 0 radical (unpaired) electrons. The number of halogens is 1. The van der Waals surface area contributed by atoms with Crippen molar-refractivity contribution in [3.05, 3.63) is 27.8 Å². The van der Waals surface area contributed by atoms with Crippen LogP contribution in [0.1, 0.15) is 68.3 Å². The van der Waals surface area contributed by atoms with Crippen molar-refractivity contribution < 1.29 is 23.8 Å². The fourth-order valence-corrected chi connectivity index (χ4v) is 7.74. The largest absolute Gasteiger partial charge is 0.487 e. The van der Waals surface area contributed by atoms with E-state index in [0.717, 1.165) is 19.3 Å². The molecule has 7 rings (SSSR count). The summed E-state index contributed by atoms with van der Waals surface area (Å²) >= 11 is 0. The molecule has 1 amide bonds. The van der Waals surface area contributed by atoms with Gasteiger partial charge < -0.3 is 30.8 Å². The fourth-order valence-electron chi connectivity index (χ4n) is 7.74. The van der Waals surface area contributed by atoms with Gasteiger partial charge in [-0.2, -0.15) is 0 Å². The van der Waals surface area contributed by atoms with Gasteiger partial charge >= 0.3 is 5.97 Å². The number of anilines is 2. The van der Waals surface area contributed by atoms with Gasteiger partial charge in [-0.15, -0.1) is 0 Å². The molecule has 1 aromatic carbocycles. The number of nitrogens with two attached hydrogens (primary N) is 1. The van der Waals surface area contributed by atoms with E-state index in [9.17, 15) is 19.5 Å². The number of carbonyl (C=O) groups is 2. The number of amides is 1. The summed E-state index contributed by atoms with van der Waals surface area (Å²) in [6.07, 6.45) is 8.71. The molecule has 9 nitrogen and oxygen atoms in total. The number of aromatic carboxylic acids is 1. The van der Waals surface area contributed by atoms with Crippen molar-refractivity contribution in [2.24, 2.45) is 23.2 Å². The summed E-state index contributed by atoms with van der Waals surface area (Å²) in [5, 5.41) is 15.5. The Morgan fingerprint density at radius 3 is 2.46 bits per heavy atom. The SMILES string of the molecule is C[C@H]1COc2c(NCCCNC(=O)C34CC5CC(CC(C5)C3)C4)c(F)c(N)c3c(=O)c(C(=O)O)cn1c23. The van der Waals surface area contributed by atoms with Crippen LogP contribution in [0.5, 0.6) is 5.75 Å². The number of carbonyl (C=O) groups excluding carboxylic acids is 1. The van der Waals surface area contributed by atoms with Crippen LogP contribution in [-0.4, -0.2) is 41.2 Å². The van der Waals surface area contributed by atoms with Crippen LogP contribution in [-0.2, 0) is 4.79 Å². The van der Waals surface area contributed by atoms with Crippen molar-refractivity contribution in [1.29, 1.82) is 0 Å². The molecule has 0 spiro atoms. The van der Waals surface area contributed by atoms with E-state index in [1.165, 1.54) is 25.5 Å². The van der Waals surface area contributed by atoms with Crippen molar-refractivity contribution in [3.8, 4) is 5.75 Å². The summed E-state index contributed by atoms with van der Waals surface area (Å²) in [7, 11) is 0. The number of aromatic nitrogens is 1. The van der Waals surface area contributed by atoms with Crippen LogP contribution < -0.4 is 26.5 Å². The van der Waals surface area contributed by atoms with Crippen LogP contribution >= 0.6 is 0 Å². The van der Waals surface area contributed by atoms with E-state index in [4.69, 9.17) is 10.5 Å². The first-order valence-electron chi connectivity index (χ1n) is 13.3. The number of pyridine rings is 1.